The SMILES string of the molecule is O=C(O)CN1C(=O)C(=C2SC(=S)N(NC(=O)c3cccc(O)c3)C2=O)c2ccccc21. The number of carboxylic acid groups (broad SMARTS) is 1. The smallest absolute Gasteiger partial charge is 0.323 e. The Morgan fingerprint density at radius 1 is 1.06 bits per heavy atom. The van der Waals surface area contributed by atoms with E-state index in [1.807, 2.05) is 0 Å². The molecule has 0 saturated carbocycles. The lowest BCUT2D eigenvalue weighted by Gasteiger charge is -2.16. The van der Waals surface area contributed by atoms with Crippen LogP contribution in [0, 0.1) is 0 Å². The average molecular weight is 455 g/mol. The van der Waals surface area contributed by atoms with Gasteiger partial charge < -0.3 is 10.2 Å². The molecule has 0 unspecified atom stereocenters. The van der Waals surface area contributed by atoms with Gasteiger partial charge in [0.1, 0.15) is 12.3 Å². The molecule has 0 atom stereocenters. The van der Waals surface area contributed by atoms with Gasteiger partial charge >= 0.3 is 5.97 Å². The number of benzene rings is 2. The Morgan fingerprint density at radius 2 is 1.81 bits per heavy atom. The highest BCUT2D eigenvalue weighted by Gasteiger charge is 2.43. The van der Waals surface area contributed by atoms with Crippen LogP contribution in [0.15, 0.2) is 53.4 Å². The molecule has 4 rings (SSSR count). The molecule has 2 aliphatic rings. The third-order valence-electron chi connectivity index (χ3n) is 4.53. The van der Waals surface area contributed by atoms with Crippen LogP contribution in [-0.4, -0.2) is 49.8 Å². The fourth-order valence-corrected chi connectivity index (χ4v) is 4.47. The molecular formula is C20H13N3O6S2. The molecule has 3 amide bonds. The number of hydrogen-bond acceptors (Lipinski definition) is 7. The van der Waals surface area contributed by atoms with Gasteiger partial charge in [0.2, 0.25) is 0 Å². The van der Waals surface area contributed by atoms with Gasteiger partial charge in [-0.15, -0.1) is 0 Å². The number of hydrogen-bond donors (Lipinski definition) is 3. The molecule has 0 aromatic heterocycles. The summed E-state index contributed by atoms with van der Waals surface area (Å²) < 4.78 is 0.00275. The number of thioether (sulfide) groups is 1. The molecule has 156 valence electrons. The molecule has 1 fully saturated rings. The van der Waals surface area contributed by atoms with Crippen LogP contribution >= 0.6 is 24.0 Å². The first-order valence-corrected chi connectivity index (χ1v) is 10.0. The summed E-state index contributed by atoms with van der Waals surface area (Å²) in [6.45, 7) is -0.562. The number of carbonyl (C=O) groups excluding carboxylic acids is 3. The van der Waals surface area contributed by atoms with Crippen molar-refractivity contribution in [1.29, 1.82) is 0 Å². The summed E-state index contributed by atoms with van der Waals surface area (Å²) in [7, 11) is 0. The van der Waals surface area contributed by atoms with E-state index in [0.717, 1.165) is 21.7 Å². The number of hydrazine groups is 1. The molecular weight excluding hydrogens is 442 g/mol. The highest BCUT2D eigenvalue weighted by Crippen LogP contribution is 2.44. The molecule has 0 aliphatic carbocycles. The van der Waals surface area contributed by atoms with E-state index in [4.69, 9.17) is 17.3 Å². The van der Waals surface area contributed by atoms with Gasteiger partial charge in [-0.05, 0) is 36.5 Å². The van der Waals surface area contributed by atoms with Crippen molar-refractivity contribution in [3.8, 4) is 5.75 Å². The number of carboxylic acids is 1. The Bertz CT molecular complexity index is 1210. The number of rotatable bonds is 4. The number of nitrogens with zero attached hydrogens (tertiary/aromatic N) is 2. The molecule has 0 bridgehead atoms. The minimum Gasteiger partial charge on any atom is -0.508 e. The van der Waals surface area contributed by atoms with E-state index < -0.39 is 30.2 Å². The predicted octanol–water partition coefficient (Wildman–Crippen LogP) is 1.74. The van der Waals surface area contributed by atoms with Crippen LogP contribution in [0.5, 0.6) is 5.75 Å². The van der Waals surface area contributed by atoms with Crippen LogP contribution in [0.4, 0.5) is 5.69 Å². The molecule has 2 aliphatic heterocycles. The zero-order valence-corrected chi connectivity index (χ0v) is 17.2. The number of para-hydroxylation sites is 1. The van der Waals surface area contributed by atoms with E-state index in [0.29, 0.717) is 11.3 Å². The molecule has 2 heterocycles. The maximum Gasteiger partial charge on any atom is 0.323 e. The van der Waals surface area contributed by atoms with Gasteiger partial charge in [-0.1, -0.05) is 36.0 Å². The Morgan fingerprint density at radius 3 is 2.52 bits per heavy atom. The molecule has 31 heavy (non-hydrogen) atoms. The first-order chi connectivity index (χ1) is 14.8. The predicted molar refractivity (Wildman–Crippen MR) is 116 cm³/mol. The van der Waals surface area contributed by atoms with Gasteiger partial charge in [0, 0.05) is 11.1 Å². The van der Waals surface area contributed by atoms with Gasteiger partial charge in [0.25, 0.3) is 17.7 Å². The zero-order valence-electron chi connectivity index (χ0n) is 15.6. The van der Waals surface area contributed by atoms with Crippen LogP contribution < -0.4 is 10.3 Å². The van der Waals surface area contributed by atoms with Crippen molar-refractivity contribution in [2.75, 3.05) is 11.4 Å². The number of carbonyl (C=O) groups is 4. The van der Waals surface area contributed by atoms with Crippen molar-refractivity contribution in [1.82, 2.24) is 10.4 Å². The van der Waals surface area contributed by atoms with E-state index in [2.05, 4.69) is 5.43 Å². The standard InChI is InChI=1S/C20H13N3O6S2/c24-11-5-3-4-10(8-11)17(27)21-23-19(29)16(31-20(23)30)15-12-6-1-2-7-13(12)22(18(15)28)9-14(25)26/h1-8,24H,9H2,(H,21,27)(H,25,26). The number of anilines is 1. The first kappa shape index (κ1) is 20.6. The van der Waals surface area contributed by atoms with E-state index in [-0.39, 0.29) is 26.1 Å². The minimum atomic E-state index is -1.20. The van der Waals surface area contributed by atoms with E-state index in [9.17, 15) is 24.3 Å². The second kappa shape index (κ2) is 7.85. The molecule has 2 aromatic rings. The van der Waals surface area contributed by atoms with Crippen molar-refractivity contribution in [3.63, 3.8) is 0 Å². The van der Waals surface area contributed by atoms with Crippen LogP contribution in [0.25, 0.3) is 5.57 Å². The van der Waals surface area contributed by atoms with Crippen molar-refractivity contribution >= 4 is 63.3 Å². The van der Waals surface area contributed by atoms with Crippen molar-refractivity contribution < 1.29 is 29.4 Å². The highest BCUT2D eigenvalue weighted by atomic mass is 32.2. The summed E-state index contributed by atoms with van der Waals surface area (Å²) in [6.07, 6.45) is 0. The van der Waals surface area contributed by atoms with Crippen LogP contribution in [0.3, 0.4) is 0 Å². The number of nitrogens with one attached hydrogen (secondary N) is 1. The number of fused-ring (bicyclic) bond motifs is 1. The fourth-order valence-electron chi connectivity index (χ4n) is 3.22. The summed E-state index contributed by atoms with van der Waals surface area (Å²) >= 11 is 6.05. The van der Waals surface area contributed by atoms with Crippen molar-refractivity contribution in [3.05, 3.63) is 64.6 Å². The molecule has 1 saturated heterocycles. The topological polar surface area (TPSA) is 127 Å². The normalized spacial score (nSPS) is 17.9. The number of amides is 3. The van der Waals surface area contributed by atoms with Crippen LogP contribution in [0.1, 0.15) is 15.9 Å². The highest BCUT2D eigenvalue weighted by molar-refractivity contribution is 8.26. The summed E-state index contributed by atoms with van der Waals surface area (Å²) in [6, 6.07) is 12.1. The lowest BCUT2D eigenvalue weighted by atomic mass is 10.1. The molecule has 3 N–H and O–H groups in total. The molecule has 11 heteroatoms. The van der Waals surface area contributed by atoms with Gasteiger partial charge in [0.05, 0.1) is 16.2 Å². The lowest BCUT2D eigenvalue weighted by Crippen LogP contribution is -2.45. The Labute approximate surface area is 184 Å². The summed E-state index contributed by atoms with van der Waals surface area (Å²) in [4.78, 5) is 50.8. The van der Waals surface area contributed by atoms with Crippen LogP contribution in [0.2, 0.25) is 0 Å². The van der Waals surface area contributed by atoms with Gasteiger partial charge in [0.15, 0.2) is 4.32 Å². The maximum absolute atomic E-state index is 13.0. The largest absolute Gasteiger partial charge is 0.508 e. The quantitative estimate of drug-likeness (QED) is 0.470. The zero-order chi connectivity index (χ0) is 22.3. The second-order valence-corrected chi connectivity index (χ2v) is 8.15. The van der Waals surface area contributed by atoms with Gasteiger partial charge in [-0.3, -0.25) is 29.5 Å². The van der Waals surface area contributed by atoms with Crippen molar-refractivity contribution in [2.24, 2.45) is 0 Å². The molecule has 0 radical (unpaired) electrons. The molecule has 9 nitrogen and oxygen atoms in total. The van der Waals surface area contributed by atoms with Crippen molar-refractivity contribution in [2.45, 2.75) is 0 Å². The van der Waals surface area contributed by atoms with E-state index in [1.54, 1.807) is 24.3 Å². The number of aliphatic carboxylic acids is 1. The van der Waals surface area contributed by atoms with E-state index in [1.165, 1.54) is 24.3 Å². The average Bonchev–Trinajstić information content (AvgIpc) is 3.15. The third kappa shape index (κ3) is 3.64. The number of phenolic OH excluding ortho intramolecular Hbond substituents is 1. The number of aromatic hydroxyl groups is 1. The fraction of sp³-hybridized carbons (Fsp3) is 0.0500. The summed E-state index contributed by atoms with van der Waals surface area (Å²) in [5, 5.41) is 19.5. The first-order valence-electron chi connectivity index (χ1n) is 8.81. The summed E-state index contributed by atoms with van der Waals surface area (Å²) in [5.74, 6) is -3.34. The Kier molecular flexibility index (Phi) is 5.21. The minimum absolute atomic E-state index is 0.00275. The van der Waals surface area contributed by atoms with Crippen LogP contribution in [-0.2, 0) is 14.4 Å². The third-order valence-corrected chi connectivity index (χ3v) is 5.91. The summed E-state index contributed by atoms with van der Waals surface area (Å²) in [5.41, 5.74) is 3.30. The van der Waals surface area contributed by atoms with Gasteiger partial charge in [-0.25, -0.2) is 0 Å². The lowest BCUT2D eigenvalue weighted by molar-refractivity contribution is -0.136. The molecule has 0 spiro atoms. The Balaban J connectivity index is 1.68. The van der Waals surface area contributed by atoms with Gasteiger partial charge in [-0.2, -0.15) is 5.01 Å². The Hall–Kier alpha value is -3.70. The number of thiocarbonyl (C=S) groups is 1. The number of phenols is 1. The van der Waals surface area contributed by atoms with E-state index >= 15 is 0 Å². The monoisotopic (exact) mass is 455 g/mol. The second-order valence-electron chi connectivity index (χ2n) is 6.51. The molecule has 2 aromatic carbocycles. The maximum atomic E-state index is 13.0.